The fourth-order valence-electron chi connectivity index (χ4n) is 10.1. The molecule has 3 heteroatoms. The van der Waals surface area contributed by atoms with Gasteiger partial charge >= 0.3 is 0 Å². The highest BCUT2D eigenvalue weighted by Gasteiger charge is 2.61. The van der Waals surface area contributed by atoms with E-state index in [1.54, 1.807) is 0 Å². The van der Waals surface area contributed by atoms with Crippen LogP contribution in [0.15, 0.2) is 200 Å². The van der Waals surface area contributed by atoms with E-state index in [-0.39, 0.29) is 0 Å². The largest absolute Gasteiger partial charge is 0.302 e. The molecule has 0 saturated carbocycles. The molecular formula is C52H33NS2. The summed E-state index contributed by atoms with van der Waals surface area (Å²) in [5.41, 5.74) is 17.4. The first-order valence-corrected chi connectivity index (χ1v) is 20.6. The van der Waals surface area contributed by atoms with E-state index < -0.39 is 10.8 Å². The summed E-state index contributed by atoms with van der Waals surface area (Å²) >= 11 is 3.89. The molecule has 0 saturated heterocycles. The van der Waals surface area contributed by atoms with Crippen molar-refractivity contribution in [1.82, 2.24) is 0 Å². The lowest BCUT2D eigenvalue weighted by Gasteiger charge is -2.45. The Bertz CT molecular complexity index is 2710. The topological polar surface area (TPSA) is 3.24 Å². The number of hydrogen-bond acceptors (Lipinski definition) is 3. The summed E-state index contributed by atoms with van der Waals surface area (Å²) < 4.78 is 0. The third-order valence-electron chi connectivity index (χ3n) is 12.2. The van der Waals surface area contributed by atoms with Gasteiger partial charge in [0.05, 0.1) is 10.8 Å². The van der Waals surface area contributed by atoms with Gasteiger partial charge in [-0.15, -0.1) is 22.7 Å². The smallest absolute Gasteiger partial charge is 0.101 e. The van der Waals surface area contributed by atoms with Crippen molar-refractivity contribution in [2.24, 2.45) is 0 Å². The SMILES string of the molecule is c1ccc(-c2ccc(N(c3ccccc3)c3cc4c(s3)C3(c5ccccc5-c5ccccc53)c3ccsc3C43c4ccccc4-c4ccccc43)cc2)cc1. The second-order valence-corrected chi connectivity index (χ2v) is 16.7. The first-order chi connectivity index (χ1) is 27.3. The van der Waals surface area contributed by atoms with Gasteiger partial charge in [0, 0.05) is 21.1 Å². The van der Waals surface area contributed by atoms with E-state index in [0.29, 0.717) is 0 Å². The number of para-hydroxylation sites is 1. The van der Waals surface area contributed by atoms with Crippen LogP contribution in [0, 0.1) is 0 Å². The van der Waals surface area contributed by atoms with Crippen molar-refractivity contribution < 1.29 is 0 Å². The molecule has 7 aromatic carbocycles. The van der Waals surface area contributed by atoms with Crippen LogP contribution in [-0.2, 0) is 10.8 Å². The van der Waals surface area contributed by atoms with Gasteiger partial charge in [0.1, 0.15) is 5.00 Å². The Balaban J connectivity index is 1.20. The van der Waals surface area contributed by atoms with Gasteiger partial charge in [-0.05, 0) is 109 Å². The molecule has 2 heterocycles. The van der Waals surface area contributed by atoms with Crippen LogP contribution in [0.2, 0.25) is 0 Å². The molecule has 0 bridgehead atoms. The number of thiophene rings is 2. The molecule has 0 radical (unpaired) electrons. The molecule has 1 nitrogen and oxygen atoms in total. The van der Waals surface area contributed by atoms with Gasteiger partial charge in [-0.25, -0.2) is 0 Å². The van der Waals surface area contributed by atoms with Gasteiger partial charge in [0.15, 0.2) is 0 Å². The fraction of sp³-hybridized carbons (Fsp3) is 0.0385. The van der Waals surface area contributed by atoms with Crippen molar-refractivity contribution in [1.29, 1.82) is 0 Å². The van der Waals surface area contributed by atoms with Gasteiger partial charge in [-0.3, -0.25) is 0 Å². The van der Waals surface area contributed by atoms with Crippen LogP contribution in [-0.4, -0.2) is 0 Å². The molecule has 0 aliphatic heterocycles. The quantitative estimate of drug-likeness (QED) is 0.174. The molecule has 12 rings (SSSR count). The van der Waals surface area contributed by atoms with Crippen molar-refractivity contribution >= 4 is 39.0 Å². The molecule has 0 atom stereocenters. The maximum atomic E-state index is 2.56. The highest BCUT2D eigenvalue weighted by Crippen LogP contribution is 2.70. The van der Waals surface area contributed by atoms with Crippen molar-refractivity contribution in [2.45, 2.75) is 10.8 Å². The monoisotopic (exact) mass is 735 g/mol. The Kier molecular flexibility index (Phi) is 6.58. The lowest BCUT2D eigenvalue weighted by atomic mass is 9.58. The Morgan fingerprint density at radius 3 is 1.33 bits per heavy atom. The second-order valence-electron chi connectivity index (χ2n) is 14.8. The molecular weight excluding hydrogens is 703 g/mol. The number of nitrogens with zero attached hydrogens (tertiary/aromatic N) is 1. The Morgan fingerprint density at radius 1 is 0.345 bits per heavy atom. The molecule has 0 fully saturated rings. The van der Waals surface area contributed by atoms with Crippen LogP contribution in [0.5, 0.6) is 0 Å². The average Bonchev–Trinajstić information content (AvgIpc) is 4.04. The van der Waals surface area contributed by atoms with Crippen LogP contribution in [0.1, 0.15) is 43.1 Å². The van der Waals surface area contributed by atoms with Gasteiger partial charge < -0.3 is 4.90 Å². The predicted octanol–water partition coefficient (Wildman–Crippen LogP) is 14.0. The van der Waals surface area contributed by atoms with Gasteiger partial charge in [-0.1, -0.05) is 158 Å². The van der Waals surface area contributed by atoms with Crippen LogP contribution < -0.4 is 4.90 Å². The summed E-state index contributed by atoms with van der Waals surface area (Å²) in [5, 5.41) is 3.56. The van der Waals surface area contributed by atoms with E-state index in [2.05, 4.69) is 204 Å². The zero-order valence-electron chi connectivity index (χ0n) is 29.8. The summed E-state index contributed by atoms with van der Waals surface area (Å²) in [4.78, 5) is 5.30. The second kappa shape index (κ2) is 11.6. The van der Waals surface area contributed by atoms with E-state index in [0.717, 1.165) is 11.4 Å². The third-order valence-corrected chi connectivity index (χ3v) is 14.5. The minimum atomic E-state index is -0.460. The number of hydrogen-bond donors (Lipinski definition) is 0. The summed E-state index contributed by atoms with van der Waals surface area (Å²) in [6.07, 6.45) is 0. The zero-order valence-corrected chi connectivity index (χ0v) is 31.4. The minimum absolute atomic E-state index is 0.460. The number of fused-ring (bicyclic) bond motifs is 16. The maximum absolute atomic E-state index is 2.56. The lowest BCUT2D eigenvalue weighted by Crippen LogP contribution is -2.41. The van der Waals surface area contributed by atoms with Crippen molar-refractivity contribution in [3.8, 4) is 33.4 Å². The maximum Gasteiger partial charge on any atom is 0.101 e. The Hall–Kier alpha value is -6.26. The normalized spacial score (nSPS) is 14.5. The molecule has 3 aliphatic carbocycles. The first-order valence-electron chi connectivity index (χ1n) is 18.9. The average molecular weight is 736 g/mol. The van der Waals surface area contributed by atoms with Gasteiger partial charge in [0.2, 0.25) is 0 Å². The van der Waals surface area contributed by atoms with E-state index in [4.69, 9.17) is 0 Å². The molecule has 55 heavy (non-hydrogen) atoms. The highest BCUT2D eigenvalue weighted by atomic mass is 32.1. The number of benzene rings is 7. The van der Waals surface area contributed by atoms with E-state index in [1.807, 2.05) is 22.7 Å². The predicted molar refractivity (Wildman–Crippen MR) is 230 cm³/mol. The molecule has 2 spiro atoms. The molecule has 3 aliphatic rings. The summed E-state index contributed by atoms with van der Waals surface area (Å²) in [6, 6.07) is 72.4. The van der Waals surface area contributed by atoms with Crippen LogP contribution in [0.4, 0.5) is 16.4 Å². The highest BCUT2D eigenvalue weighted by molar-refractivity contribution is 7.17. The van der Waals surface area contributed by atoms with E-state index in [9.17, 15) is 0 Å². The molecule has 9 aromatic rings. The number of anilines is 3. The van der Waals surface area contributed by atoms with E-state index in [1.165, 1.54) is 81.5 Å². The molecule has 258 valence electrons. The van der Waals surface area contributed by atoms with Gasteiger partial charge in [0.25, 0.3) is 0 Å². The Labute approximate surface area is 329 Å². The van der Waals surface area contributed by atoms with Crippen molar-refractivity contribution in [3.63, 3.8) is 0 Å². The summed E-state index contributed by atoms with van der Waals surface area (Å²) in [5.74, 6) is 0. The van der Waals surface area contributed by atoms with Gasteiger partial charge in [-0.2, -0.15) is 0 Å². The first kappa shape index (κ1) is 31.1. The third kappa shape index (κ3) is 4.01. The van der Waals surface area contributed by atoms with E-state index >= 15 is 0 Å². The molecule has 0 unspecified atom stereocenters. The molecule has 2 aromatic heterocycles. The van der Waals surface area contributed by atoms with Crippen LogP contribution >= 0.6 is 22.7 Å². The van der Waals surface area contributed by atoms with Crippen LogP contribution in [0.3, 0.4) is 0 Å². The van der Waals surface area contributed by atoms with Crippen molar-refractivity contribution in [2.75, 3.05) is 4.90 Å². The molecule has 0 N–H and O–H groups in total. The van der Waals surface area contributed by atoms with Crippen LogP contribution in [0.25, 0.3) is 33.4 Å². The molecule has 0 amide bonds. The minimum Gasteiger partial charge on any atom is -0.302 e. The summed E-state index contributed by atoms with van der Waals surface area (Å²) in [6.45, 7) is 0. The fourth-order valence-corrected chi connectivity index (χ4v) is 12.8. The number of rotatable bonds is 4. The van der Waals surface area contributed by atoms with Crippen molar-refractivity contribution in [3.05, 3.63) is 243 Å². The zero-order chi connectivity index (χ0) is 36.1. The Morgan fingerprint density at radius 2 is 0.782 bits per heavy atom. The standard InChI is InChI=1S/C52H33NS2/c1-3-15-34(16-4-1)35-27-29-37(30-28-35)53(36-17-5-2-6-18-36)48-33-47-50(55-48)51(42-23-11-7-19-38(42)39-20-8-12-24-43(39)51)46-31-32-54-49(46)52(47)44-25-13-9-21-40(44)41-22-10-14-26-45(41)52/h1-33H. The summed E-state index contributed by atoms with van der Waals surface area (Å²) in [7, 11) is 0. The lowest BCUT2D eigenvalue weighted by molar-refractivity contribution is 0.662.